The average Bonchev–Trinajstić information content (AvgIpc) is 3.52. The molecular weight excluding hydrogens is 441 g/mol. The SMILES string of the molecule is Clc1ccc(-c2cc(NC(=NC3CC3)NC3CCCCC3)nn2-c2ccccc2Cl)cc1. The molecule has 7 heteroatoms. The molecule has 5 rings (SSSR count). The maximum absolute atomic E-state index is 6.53. The van der Waals surface area contributed by atoms with Gasteiger partial charge < -0.3 is 10.6 Å². The number of benzene rings is 2. The van der Waals surface area contributed by atoms with Gasteiger partial charge in [0.2, 0.25) is 0 Å². The molecule has 2 aliphatic rings. The van der Waals surface area contributed by atoms with Gasteiger partial charge in [0.15, 0.2) is 11.8 Å². The molecule has 166 valence electrons. The molecule has 2 N–H and O–H groups in total. The standard InChI is InChI=1S/C25H27Cl2N5/c26-18-12-10-17(11-13-18)23-16-24(31-32(23)22-9-5-4-8-21(22)27)30-25(29-20-14-15-20)28-19-6-2-1-3-7-19/h4-5,8-13,16,19-20H,1-3,6-7,14-15H2,(H2,28,29,30,31). The molecule has 0 radical (unpaired) electrons. The quantitative estimate of drug-likeness (QED) is 0.324. The van der Waals surface area contributed by atoms with E-state index in [1.54, 1.807) is 0 Å². The fourth-order valence-corrected chi connectivity index (χ4v) is 4.47. The molecule has 1 heterocycles. The molecule has 32 heavy (non-hydrogen) atoms. The Bertz CT molecular complexity index is 1100. The lowest BCUT2D eigenvalue weighted by Crippen LogP contribution is -2.40. The molecule has 2 fully saturated rings. The maximum Gasteiger partial charge on any atom is 0.197 e. The van der Waals surface area contributed by atoms with Crippen LogP contribution >= 0.6 is 23.2 Å². The third-order valence-electron chi connectivity index (χ3n) is 5.98. The van der Waals surface area contributed by atoms with Crippen molar-refractivity contribution in [1.82, 2.24) is 15.1 Å². The molecule has 0 bridgehead atoms. The first-order valence-electron chi connectivity index (χ1n) is 11.4. The summed E-state index contributed by atoms with van der Waals surface area (Å²) in [6, 6.07) is 18.4. The van der Waals surface area contributed by atoms with Crippen LogP contribution in [0.2, 0.25) is 10.0 Å². The summed E-state index contributed by atoms with van der Waals surface area (Å²) in [5.41, 5.74) is 2.77. The molecule has 0 spiro atoms. The molecule has 3 aromatic rings. The van der Waals surface area contributed by atoms with Gasteiger partial charge in [-0.2, -0.15) is 0 Å². The number of hydrogen-bond acceptors (Lipinski definition) is 2. The highest BCUT2D eigenvalue weighted by Crippen LogP contribution is 2.30. The molecule has 2 aromatic carbocycles. The number of aliphatic imine (C=N–C) groups is 1. The number of rotatable bonds is 5. The largest absolute Gasteiger partial charge is 0.353 e. The second-order valence-electron chi connectivity index (χ2n) is 8.60. The van der Waals surface area contributed by atoms with Crippen LogP contribution in [0, 0.1) is 0 Å². The van der Waals surface area contributed by atoms with E-state index in [1.807, 2.05) is 59.3 Å². The molecular formula is C25H27Cl2N5. The Morgan fingerprint density at radius 1 is 0.938 bits per heavy atom. The van der Waals surface area contributed by atoms with Crippen molar-refractivity contribution >= 4 is 35.0 Å². The number of hydrogen-bond donors (Lipinski definition) is 2. The van der Waals surface area contributed by atoms with Gasteiger partial charge in [-0.25, -0.2) is 9.67 Å². The third-order valence-corrected chi connectivity index (χ3v) is 6.55. The first kappa shape index (κ1) is 21.4. The Morgan fingerprint density at radius 3 is 2.41 bits per heavy atom. The predicted molar refractivity (Wildman–Crippen MR) is 133 cm³/mol. The Labute approximate surface area is 198 Å². The van der Waals surface area contributed by atoms with Crippen LogP contribution in [-0.4, -0.2) is 27.8 Å². The van der Waals surface area contributed by atoms with E-state index in [4.69, 9.17) is 33.3 Å². The minimum Gasteiger partial charge on any atom is -0.353 e. The van der Waals surface area contributed by atoms with Gasteiger partial charge in [0, 0.05) is 22.7 Å². The number of nitrogens with zero attached hydrogens (tertiary/aromatic N) is 3. The van der Waals surface area contributed by atoms with Crippen molar-refractivity contribution in [3.8, 4) is 16.9 Å². The van der Waals surface area contributed by atoms with Crippen molar-refractivity contribution in [2.24, 2.45) is 4.99 Å². The van der Waals surface area contributed by atoms with E-state index in [1.165, 1.54) is 32.1 Å². The number of nitrogens with one attached hydrogen (secondary N) is 2. The van der Waals surface area contributed by atoms with Crippen molar-refractivity contribution in [2.45, 2.75) is 57.0 Å². The number of halogens is 2. The second-order valence-corrected chi connectivity index (χ2v) is 9.44. The van der Waals surface area contributed by atoms with Gasteiger partial charge in [-0.05, 0) is 49.9 Å². The van der Waals surface area contributed by atoms with Crippen LogP contribution in [0.25, 0.3) is 16.9 Å². The lowest BCUT2D eigenvalue weighted by Gasteiger charge is -2.24. The Kier molecular flexibility index (Phi) is 6.37. The second kappa shape index (κ2) is 9.55. The Morgan fingerprint density at radius 2 is 1.69 bits per heavy atom. The summed E-state index contributed by atoms with van der Waals surface area (Å²) in [7, 11) is 0. The molecule has 0 atom stereocenters. The number of aromatic nitrogens is 2. The van der Waals surface area contributed by atoms with Crippen molar-refractivity contribution in [2.75, 3.05) is 5.32 Å². The predicted octanol–water partition coefficient (Wildman–Crippen LogP) is 6.70. The van der Waals surface area contributed by atoms with Gasteiger partial charge in [-0.3, -0.25) is 0 Å². The monoisotopic (exact) mass is 467 g/mol. The van der Waals surface area contributed by atoms with E-state index in [9.17, 15) is 0 Å². The highest BCUT2D eigenvalue weighted by atomic mass is 35.5. The zero-order valence-electron chi connectivity index (χ0n) is 17.9. The number of para-hydroxylation sites is 1. The smallest absolute Gasteiger partial charge is 0.197 e. The fourth-order valence-electron chi connectivity index (χ4n) is 4.13. The van der Waals surface area contributed by atoms with Gasteiger partial charge in [0.1, 0.15) is 0 Å². The van der Waals surface area contributed by atoms with E-state index < -0.39 is 0 Å². The molecule has 0 amide bonds. The van der Waals surface area contributed by atoms with Crippen LogP contribution in [0.1, 0.15) is 44.9 Å². The fraction of sp³-hybridized carbons (Fsp3) is 0.360. The summed E-state index contributed by atoms with van der Waals surface area (Å²) in [5.74, 6) is 1.56. The number of anilines is 1. The van der Waals surface area contributed by atoms with Gasteiger partial charge in [-0.15, -0.1) is 5.10 Å². The van der Waals surface area contributed by atoms with Crippen LogP contribution in [-0.2, 0) is 0 Å². The zero-order valence-corrected chi connectivity index (χ0v) is 19.4. The summed E-state index contributed by atoms with van der Waals surface area (Å²) in [6.07, 6.45) is 8.56. The topological polar surface area (TPSA) is 54.2 Å². The molecule has 0 saturated heterocycles. The first-order valence-corrected chi connectivity index (χ1v) is 12.1. The first-order chi connectivity index (χ1) is 15.7. The summed E-state index contributed by atoms with van der Waals surface area (Å²) < 4.78 is 1.88. The summed E-state index contributed by atoms with van der Waals surface area (Å²) in [6.45, 7) is 0. The highest BCUT2D eigenvalue weighted by molar-refractivity contribution is 6.32. The minimum absolute atomic E-state index is 0.412. The van der Waals surface area contributed by atoms with Gasteiger partial charge in [0.25, 0.3) is 0 Å². The van der Waals surface area contributed by atoms with Crippen molar-refractivity contribution in [3.63, 3.8) is 0 Å². The Balaban J connectivity index is 1.48. The summed E-state index contributed by atoms with van der Waals surface area (Å²) in [5, 5.41) is 13.3. The van der Waals surface area contributed by atoms with Crippen LogP contribution in [0.15, 0.2) is 59.6 Å². The molecule has 2 aliphatic carbocycles. The normalized spacial score (nSPS) is 17.4. The van der Waals surface area contributed by atoms with E-state index >= 15 is 0 Å². The van der Waals surface area contributed by atoms with E-state index in [0.717, 1.165) is 41.6 Å². The maximum atomic E-state index is 6.53. The molecule has 2 saturated carbocycles. The molecule has 5 nitrogen and oxygen atoms in total. The molecule has 0 unspecified atom stereocenters. The van der Waals surface area contributed by atoms with E-state index in [-0.39, 0.29) is 0 Å². The highest BCUT2D eigenvalue weighted by Gasteiger charge is 2.23. The van der Waals surface area contributed by atoms with E-state index in [0.29, 0.717) is 22.1 Å². The van der Waals surface area contributed by atoms with Gasteiger partial charge in [0.05, 0.1) is 22.4 Å². The van der Waals surface area contributed by atoms with Crippen molar-refractivity contribution < 1.29 is 0 Å². The van der Waals surface area contributed by atoms with Gasteiger partial charge >= 0.3 is 0 Å². The van der Waals surface area contributed by atoms with Crippen LogP contribution in [0.3, 0.4) is 0 Å². The van der Waals surface area contributed by atoms with Crippen molar-refractivity contribution in [3.05, 3.63) is 64.6 Å². The van der Waals surface area contributed by atoms with Crippen LogP contribution in [0.5, 0.6) is 0 Å². The lowest BCUT2D eigenvalue weighted by atomic mass is 9.96. The van der Waals surface area contributed by atoms with Crippen LogP contribution < -0.4 is 10.6 Å². The van der Waals surface area contributed by atoms with Crippen LogP contribution in [0.4, 0.5) is 5.82 Å². The summed E-state index contributed by atoms with van der Waals surface area (Å²) >= 11 is 12.6. The average molecular weight is 468 g/mol. The summed E-state index contributed by atoms with van der Waals surface area (Å²) in [4.78, 5) is 4.89. The zero-order chi connectivity index (χ0) is 21.9. The minimum atomic E-state index is 0.412. The van der Waals surface area contributed by atoms with Gasteiger partial charge in [-0.1, -0.05) is 66.7 Å². The Hall–Kier alpha value is -2.50. The molecule has 0 aliphatic heterocycles. The van der Waals surface area contributed by atoms with Crippen molar-refractivity contribution in [1.29, 1.82) is 0 Å². The third kappa shape index (κ3) is 5.11. The molecule has 1 aromatic heterocycles. The lowest BCUT2D eigenvalue weighted by molar-refractivity contribution is 0.413. The van der Waals surface area contributed by atoms with E-state index in [2.05, 4.69) is 10.6 Å². The number of guanidine groups is 1.